The second-order valence-corrected chi connectivity index (χ2v) is 4.33. The second-order valence-electron chi connectivity index (χ2n) is 4.33. The highest BCUT2D eigenvalue weighted by molar-refractivity contribution is 6.01. The van der Waals surface area contributed by atoms with Crippen molar-refractivity contribution in [2.24, 2.45) is 10.7 Å². The number of hydrogen-bond acceptors (Lipinski definition) is 4. The Morgan fingerprint density at radius 2 is 1.88 bits per heavy atom. The van der Waals surface area contributed by atoms with Crippen molar-refractivity contribution in [2.75, 3.05) is 19.0 Å². The summed E-state index contributed by atoms with van der Waals surface area (Å²) in [6.45, 7) is 1.67. The Hall–Kier alpha value is -2.04. The van der Waals surface area contributed by atoms with Gasteiger partial charge in [-0.2, -0.15) is 4.99 Å². The minimum atomic E-state index is -1.09. The van der Waals surface area contributed by atoms with E-state index in [-0.39, 0.29) is 11.9 Å². The number of amides is 1. The predicted molar refractivity (Wildman–Crippen MR) is 65.8 cm³/mol. The fourth-order valence-electron chi connectivity index (χ4n) is 1.74. The molecule has 1 heterocycles. The molecule has 1 amide bonds. The summed E-state index contributed by atoms with van der Waals surface area (Å²) >= 11 is 0. The molecule has 0 aromatic heterocycles. The Balaban J connectivity index is 2.33. The van der Waals surface area contributed by atoms with E-state index in [0.717, 1.165) is 11.3 Å². The normalized spacial score (nSPS) is 23.2. The second kappa shape index (κ2) is 3.76. The molecule has 1 aromatic rings. The largest absolute Gasteiger partial charge is 0.444 e. The van der Waals surface area contributed by atoms with E-state index in [1.807, 2.05) is 43.3 Å². The molecular weight excluding hydrogens is 218 g/mol. The molecule has 5 heteroatoms. The number of nitrogens with two attached hydrogens (primary N) is 1. The third kappa shape index (κ3) is 1.84. The van der Waals surface area contributed by atoms with Gasteiger partial charge in [-0.15, -0.1) is 0 Å². The van der Waals surface area contributed by atoms with E-state index in [9.17, 15) is 4.79 Å². The first-order chi connectivity index (χ1) is 7.93. The molecule has 2 rings (SSSR count). The Morgan fingerprint density at radius 3 is 2.29 bits per heavy atom. The van der Waals surface area contributed by atoms with Crippen LogP contribution in [0.2, 0.25) is 0 Å². The van der Waals surface area contributed by atoms with Gasteiger partial charge >= 0.3 is 0 Å². The number of carbonyl (C=O) groups excluding carboxylic acids is 1. The molecule has 0 spiro atoms. The SMILES string of the molecule is CN(C)c1ccc(C2(C)OC(N)=NC2=O)cc1. The van der Waals surface area contributed by atoms with E-state index in [4.69, 9.17) is 10.5 Å². The molecule has 0 aliphatic carbocycles. The van der Waals surface area contributed by atoms with Gasteiger partial charge in [0.2, 0.25) is 5.60 Å². The van der Waals surface area contributed by atoms with Crippen LogP contribution in [0, 0.1) is 0 Å². The van der Waals surface area contributed by atoms with Crippen molar-refractivity contribution in [1.29, 1.82) is 0 Å². The first-order valence-corrected chi connectivity index (χ1v) is 5.29. The van der Waals surface area contributed by atoms with Crippen molar-refractivity contribution < 1.29 is 9.53 Å². The molecule has 5 nitrogen and oxygen atoms in total. The molecule has 0 radical (unpaired) electrons. The highest BCUT2D eigenvalue weighted by Crippen LogP contribution is 2.31. The van der Waals surface area contributed by atoms with Gasteiger partial charge in [-0.3, -0.25) is 4.79 Å². The molecule has 1 aliphatic heterocycles. The molecule has 0 saturated carbocycles. The minimum absolute atomic E-state index is 0.0748. The van der Waals surface area contributed by atoms with Gasteiger partial charge in [-0.25, -0.2) is 0 Å². The van der Waals surface area contributed by atoms with Crippen molar-refractivity contribution in [2.45, 2.75) is 12.5 Å². The van der Waals surface area contributed by atoms with E-state index in [1.165, 1.54) is 0 Å². The van der Waals surface area contributed by atoms with Crippen molar-refractivity contribution in [3.8, 4) is 0 Å². The Kier molecular flexibility index (Phi) is 2.53. The van der Waals surface area contributed by atoms with Crippen LogP contribution in [-0.4, -0.2) is 26.0 Å². The summed E-state index contributed by atoms with van der Waals surface area (Å²) in [7, 11) is 3.91. The number of amidine groups is 1. The maximum atomic E-state index is 11.7. The van der Waals surface area contributed by atoms with E-state index in [0.29, 0.717) is 0 Å². The van der Waals surface area contributed by atoms with Crippen LogP contribution in [0.4, 0.5) is 5.69 Å². The zero-order chi connectivity index (χ0) is 12.6. The van der Waals surface area contributed by atoms with E-state index >= 15 is 0 Å². The summed E-state index contributed by atoms with van der Waals surface area (Å²) in [5.74, 6) is -0.368. The minimum Gasteiger partial charge on any atom is -0.444 e. The third-order valence-corrected chi connectivity index (χ3v) is 2.86. The molecule has 0 fully saturated rings. The van der Waals surface area contributed by atoms with Crippen LogP contribution in [0.1, 0.15) is 12.5 Å². The van der Waals surface area contributed by atoms with Gasteiger partial charge in [0.1, 0.15) is 0 Å². The number of ether oxygens (including phenoxy) is 1. The van der Waals surface area contributed by atoms with Crippen LogP contribution < -0.4 is 10.6 Å². The lowest BCUT2D eigenvalue weighted by atomic mass is 9.95. The highest BCUT2D eigenvalue weighted by Gasteiger charge is 2.43. The monoisotopic (exact) mass is 233 g/mol. The van der Waals surface area contributed by atoms with Gasteiger partial charge in [-0.05, 0) is 19.1 Å². The zero-order valence-corrected chi connectivity index (χ0v) is 10.1. The van der Waals surface area contributed by atoms with Crippen LogP contribution >= 0.6 is 0 Å². The first-order valence-electron chi connectivity index (χ1n) is 5.29. The lowest BCUT2D eigenvalue weighted by Gasteiger charge is -2.22. The fourth-order valence-corrected chi connectivity index (χ4v) is 1.74. The molecule has 1 aliphatic rings. The summed E-state index contributed by atoms with van der Waals surface area (Å²) in [6, 6.07) is 7.47. The maximum absolute atomic E-state index is 11.7. The Morgan fingerprint density at radius 1 is 1.29 bits per heavy atom. The van der Waals surface area contributed by atoms with Crippen LogP contribution in [0.3, 0.4) is 0 Å². The molecule has 1 atom stereocenters. The zero-order valence-electron chi connectivity index (χ0n) is 10.1. The van der Waals surface area contributed by atoms with Crippen molar-refractivity contribution >= 4 is 17.6 Å². The predicted octanol–water partition coefficient (Wildman–Crippen LogP) is 0.839. The van der Waals surface area contributed by atoms with Gasteiger partial charge in [0.25, 0.3) is 11.9 Å². The number of rotatable bonds is 2. The molecule has 2 N–H and O–H groups in total. The average molecular weight is 233 g/mol. The number of carbonyl (C=O) groups is 1. The summed E-state index contributed by atoms with van der Waals surface area (Å²) in [4.78, 5) is 17.3. The summed E-state index contributed by atoms with van der Waals surface area (Å²) in [6.07, 6.45) is 0. The molecule has 90 valence electrons. The van der Waals surface area contributed by atoms with E-state index in [1.54, 1.807) is 6.92 Å². The lowest BCUT2D eigenvalue weighted by molar-refractivity contribution is -0.130. The summed E-state index contributed by atoms with van der Waals surface area (Å²) in [5.41, 5.74) is 6.13. The van der Waals surface area contributed by atoms with E-state index < -0.39 is 5.60 Å². The Bertz CT molecular complexity index is 479. The molecule has 17 heavy (non-hydrogen) atoms. The molecular formula is C12H15N3O2. The van der Waals surface area contributed by atoms with Crippen molar-refractivity contribution in [3.05, 3.63) is 29.8 Å². The number of hydrogen-bond donors (Lipinski definition) is 1. The van der Waals surface area contributed by atoms with Crippen LogP contribution in [-0.2, 0) is 15.1 Å². The average Bonchev–Trinajstić information content (AvgIpc) is 2.54. The topological polar surface area (TPSA) is 67.9 Å². The summed E-state index contributed by atoms with van der Waals surface area (Å²) < 4.78 is 5.31. The lowest BCUT2D eigenvalue weighted by Crippen LogP contribution is -2.31. The number of anilines is 1. The standard InChI is InChI=1S/C12H15N3O2/c1-12(10(16)14-11(13)17-12)8-4-6-9(7-5-8)15(2)3/h4-7H,1-3H3,(H2,13,14,16). The van der Waals surface area contributed by atoms with Crippen molar-refractivity contribution in [3.63, 3.8) is 0 Å². The first kappa shape index (κ1) is 11.4. The van der Waals surface area contributed by atoms with Gasteiger partial charge in [0.15, 0.2) is 0 Å². The van der Waals surface area contributed by atoms with Crippen LogP contribution in [0.25, 0.3) is 0 Å². The van der Waals surface area contributed by atoms with Crippen LogP contribution in [0.15, 0.2) is 29.3 Å². The Labute approximate surface area is 99.9 Å². The smallest absolute Gasteiger partial charge is 0.298 e. The van der Waals surface area contributed by atoms with Gasteiger partial charge in [0, 0.05) is 25.3 Å². The van der Waals surface area contributed by atoms with Gasteiger partial charge in [0.05, 0.1) is 0 Å². The summed E-state index contributed by atoms with van der Waals surface area (Å²) in [5, 5.41) is 0. The van der Waals surface area contributed by atoms with E-state index in [2.05, 4.69) is 4.99 Å². The highest BCUT2D eigenvalue weighted by atomic mass is 16.5. The number of aliphatic imine (C=N–C) groups is 1. The quantitative estimate of drug-likeness (QED) is 0.822. The van der Waals surface area contributed by atoms with Gasteiger partial charge < -0.3 is 15.4 Å². The third-order valence-electron chi connectivity index (χ3n) is 2.86. The molecule has 0 bridgehead atoms. The van der Waals surface area contributed by atoms with Crippen LogP contribution in [0.5, 0.6) is 0 Å². The molecule has 1 unspecified atom stereocenters. The number of benzene rings is 1. The maximum Gasteiger partial charge on any atom is 0.298 e. The molecule has 1 aromatic carbocycles. The van der Waals surface area contributed by atoms with Crippen molar-refractivity contribution in [1.82, 2.24) is 0 Å². The number of nitrogens with zero attached hydrogens (tertiary/aromatic N) is 2. The fraction of sp³-hybridized carbons (Fsp3) is 0.333. The van der Waals surface area contributed by atoms with Gasteiger partial charge in [-0.1, -0.05) is 12.1 Å². The molecule has 0 saturated heterocycles.